The van der Waals surface area contributed by atoms with Crippen molar-refractivity contribution in [2.24, 2.45) is 0 Å². The van der Waals surface area contributed by atoms with Gasteiger partial charge in [-0.25, -0.2) is 9.78 Å². The molecule has 1 heterocycles. The van der Waals surface area contributed by atoms with Crippen molar-refractivity contribution in [3.63, 3.8) is 0 Å². The zero-order valence-electron chi connectivity index (χ0n) is 12.5. The molecule has 2 aromatic rings. The largest absolute Gasteiger partial charge is 0.478 e. The fraction of sp³-hybridized carbons (Fsp3) is 0.400. The van der Waals surface area contributed by atoms with E-state index in [1.165, 1.54) is 6.07 Å². The maximum atomic E-state index is 12.1. The lowest BCUT2D eigenvalue weighted by atomic mass is 10.2. The Morgan fingerprint density at radius 2 is 2.05 bits per heavy atom. The van der Waals surface area contributed by atoms with Crippen molar-refractivity contribution in [2.75, 3.05) is 13.6 Å². The number of rotatable bonds is 5. The maximum Gasteiger partial charge on any atom is 0.335 e. The van der Waals surface area contributed by atoms with E-state index in [9.17, 15) is 9.59 Å². The van der Waals surface area contributed by atoms with E-state index in [0.29, 0.717) is 18.5 Å². The quantitative estimate of drug-likeness (QED) is 0.910. The van der Waals surface area contributed by atoms with Gasteiger partial charge in [0.1, 0.15) is 12.4 Å². The van der Waals surface area contributed by atoms with Gasteiger partial charge >= 0.3 is 5.97 Å². The van der Waals surface area contributed by atoms with Crippen LogP contribution in [0.15, 0.2) is 18.2 Å². The van der Waals surface area contributed by atoms with Crippen molar-refractivity contribution in [1.82, 2.24) is 14.5 Å². The molecule has 0 unspecified atom stereocenters. The molecule has 0 saturated heterocycles. The van der Waals surface area contributed by atoms with Crippen molar-refractivity contribution < 1.29 is 14.7 Å². The van der Waals surface area contributed by atoms with Gasteiger partial charge in [-0.1, -0.05) is 6.92 Å². The summed E-state index contributed by atoms with van der Waals surface area (Å²) in [5.41, 5.74) is 1.60. The molecule has 0 atom stereocenters. The first-order valence-electron chi connectivity index (χ1n) is 6.94. The monoisotopic (exact) mass is 289 g/mol. The number of hydrogen-bond acceptors (Lipinski definition) is 3. The van der Waals surface area contributed by atoms with Crippen LogP contribution in [0, 0.1) is 0 Å². The Hall–Kier alpha value is -2.37. The van der Waals surface area contributed by atoms with Crippen LogP contribution in [-0.2, 0) is 17.8 Å². The second-order valence-electron chi connectivity index (χ2n) is 4.88. The van der Waals surface area contributed by atoms with Crippen molar-refractivity contribution in [3.05, 3.63) is 29.6 Å². The Balaban J connectivity index is 2.46. The number of fused-ring (bicyclic) bond motifs is 1. The Labute approximate surface area is 123 Å². The Morgan fingerprint density at radius 1 is 1.33 bits per heavy atom. The number of imidazole rings is 1. The summed E-state index contributed by atoms with van der Waals surface area (Å²) in [6.45, 7) is 4.75. The van der Waals surface area contributed by atoms with Crippen LogP contribution in [0.1, 0.15) is 30.0 Å². The smallest absolute Gasteiger partial charge is 0.335 e. The van der Waals surface area contributed by atoms with E-state index in [1.807, 2.05) is 18.4 Å². The van der Waals surface area contributed by atoms with Crippen LogP contribution < -0.4 is 0 Å². The van der Waals surface area contributed by atoms with Gasteiger partial charge in [0.15, 0.2) is 0 Å². The van der Waals surface area contributed by atoms with Crippen LogP contribution in [-0.4, -0.2) is 45.0 Å². The SMILES string of the molecule is CCc1nc2cc(C(=O)O)ccc2n1CC(=O)N(C)CC. The molecule has 0 aliphatic heterocycles. The fourth-order valence-corrected chi connectivity index (χ4v) is 2.19. The molecule has 0 bridgehead atoms. The van der Waals surface area contributed by atoms with Crippen LogP contribution in [0.5, 0.6) is 0 Å². The number of hydrogen-bond donors (Lipinski definition) is 1. The van der Waals surface area contributed by atoms with Crippen LogP contribution >= 0.6 is 0 Å². The van der Waals surface area contributed by atoms with E-state index in [4.69, 9.17) is 5.11 Å². The minimum absolute atomic E-state index is 0.00816. The second kappa shape index (κ2) is 5.95. The molecule has 0 fully saturated rings. The third kappa shape index (κ3) is 2.89. The first-order valence-corrected chi connectivity index (χ1v) is 6.94. The molecule has 1 N–H and O–H groups in total. The van der Waals surface area contributed by atoms with E-state index in [2.05, 4.69) is 4.98 Å². The van der Waals surface area contributed by atoms with E-state index in [1.54, 1.807) is 24.1 Å². The molecule has 112 valence electrons. The van der Waals surface area contributed by atoms with Crippen LogP contribution in [0.4, 0.5) is 0 Å². The predicted molar refractivity (Wildman–Crippen MR) is 79.4 cm³/mol. The maximum absolute atomic E-state index is 12.1. The summed E-state index contributed by atoms with van der Waals surface area (Å²) in [6.07, 6.45) is 0.681. The molecular formula is C15H19N3O3. The molecule has 6 nitrogen and oxygen atoms in total. The number of aryl methyl sites for hydroxylation is 1. The summed E-state index contributed by atoms with van der Waals surface area (Å²) < 4.78 is 1.86. The zero-order valence-corrected chi connectivity index (χ0v) is 12.5. The minimum Gasteiger partial charge on any atom is -0.478 e. The number of benzene rings is 1. The molecule has 0 saturated carbocycles. The van der Waals surface area contributed by atoms with Crippen molar-refractivity contribution in [1.29, 1.82) is 0 Å². The normalized spacial score (nSPS) is 10.8. The first kappa shape index (κ1) is 15.0. The summed E-state index contributed by atoms with van der Waals surface area (Å²) in [4.78, 5) is 29.2. The van der Waals surface area contributed by atoms with Crippen molar-refractivity contribution in [3.8, 4) is 0 Å². The van der Waals surface area contributed by atoms with E-state index >= 15 is 0 Å². The number of nitrogens with zero attached hydrogens (tertiary/aromatic N) is 3. The summed E-state index contributed by atoms with van der Waals surface area (Å²) >= 11 is 0. The van der Waals surface area contributed by atoms with Gasteiger partial charge in [0, 0.05) is 20.0 Å². The average Bonchev–Trinajstić information content (AvgIpc) is 2.83. The molecule has 0 spiro atoms. The van der Waals surface area contributed by atoms with Crippen molar-refractivity contribution in [2.45, 2.75) is 26.8 Å². The molecule has 1 aromatic heterocycles. The zero-order chi connectivity index (χ0) is 15.6. The van der Waals surface area contributed by atoms with Gasteiger partial charge in [-0.15, -0.1) is 0 Å². The second-order valence-corrected chi connectivity index (χ2v) is 4.88. The Morgan fingerprint density at radius 3 is 2.62 bits per heavy atom. The van der Waals surface area contributed by atoms with E-state index in [-0.39, 0.29) is 18.0 Å². The minimum atomic E-state index is -0.980. The predicted octanol–water partition coefficient (Wildman–Crippen LogP) is 1.78. The lowest BCUT2D eigenvalue weighted by molar-refractivity contribution is -0.130. The lowest BCUT2D eigenvalue weighted by Gasteiger charge is -2.16. The van der Waals surface area contributed by atoms with Crippen molar-refractivity contribution >= 4 is 22.9 Å². The van der Waals surface area contributed by atoms with Gasteiger partial charge in [-0.05, 0) is 25.1 Å². The molecule has 6 heteroatoms. The van der Waals surface area contributed by atoms with Gasteiger partial charge in [0.25, 0.3) is 0 Å². The highest BCUT2D eigenvalue weighted by Gasteiger charge is 2.15. The van der Waals surface area contributed by atoms with Crippen LogP contribution in [0.3, 0.4) is 0 Å². The standard InChI is InChI=1S/C15H19N3O3/c1-4-13-16-11-8-10(15(20)21)6-7-12(11)18(13)9-14(19)17(3)5-2/h6-8H,4-5,9H2,1-3H3,(H,20,21). The number of carbonyl (C=O) groups is 2. The number of likely N-dealkylation sites (N-methyl/N-ethyl adjacent to an activating group) is 1. The highest BCUT2D eigenvalue weighted by molar-refractivity contribution is 5.92. The Kier molecular flexibility index (Phi) is 4.26. The number of carboxylic acids is 1. The molecule has 21 heavy (non-hydrogen) atoms. The number of amides is 1. The average molecular weight is 289 g/mol. The number of carbonyl (C=O) groups excluding carboxylic acids is 1. The third-order valence-corrected chi connectivity index (χ3v) is 3.58. The number of aromatic nitrogens is 2. The van der Waals surface area contributed by atoms with Gasteiger partial charge in [0.05, 0.1) is 16.6 Å². The highest BCUT2D eigenvalue weighted by atomic mass is 16.4. The summed E-state index contributed by atoms with van der Waals surface area (Å²) in [5.74, 6) is -0.189. The van der Waals surface area contributed by atoms with Gasteiger partial charge in [0.2, 0.25) is 5.91 Å². The highest BCUT2D eigenvalue weighted by Crippen LogP contribution is 2.19. The third-order valence-electron chi connectivity index (χ3n) is 3.58. The van der Waals surface area contributed by atoms with E-state index in [0.717, 1.165) is 11.3 Å². The van der Waals surface area contributed by atoms with Crippen LogP contribution in [0.25, 0.3) is 11.0 Å². The van der Waals surface area contributed by atoms with Gasteiger partial charge in [-0.3, -0.25) is 4.79 Å². The van der Waals surface area contributed by atoms with E-state index < -0.39 is 5.97 Å². The van der Waals surface area contributed by atoms with Gasteiger partial charge in [-0.2, -0.15) is 0 Å². The summed E-state index contributed by atoms with van der Waals surface area (Å²) in [7, 11) is 1.76. The summed E-state index contributed by atoms with van der Waals surface area (Å²) in [5, 5.41) is 9.03. The number of aromatic carboxylic acids is 1. The summed E-state index contributed by atoms with van der Waals surface area (Å²) in [6, 6.07) is 4.79. The molecule has 0 aliphatic carbocycles. The molecular weight excluding hydrogens is 270 g/mol. The van der Waals surface area contributed by atoms with Crippen LogP contribution in [0.2, 0.25) is 0 Å². The van der Waals surface area contributed by atoms with Gasteiger partial charge < -0.3 is 14.6 Å². The Bertz CT molecular complexity index is 691. The topological polar surface area (TPSA) is 75.4 Å². The first-order chi connectivity index (χ1) is 9.97. The number of carboxylic acid groups (broad SMARTS) is 1. The molecule has 1 aromatic carbocycles. The molecule has 0 radical (unpaired) electrons. The molecule has 2 rings (SSSR count). The lowest BCUT2D eigenvalue weighted by Crippen LogP contribution is -2.30. The molecule has 1 amide bonds. The fourth-order valence-electron chi connectivity index (χ4n) is 2.19. The molecule has 0 aliphatic rings.